The van der Waals surface area contributed by atoms with Gasteiger partial charge in [-0.05, 0) is 18.9 Å². The normalized spacial score (nSPS) is 9.53. The first-order valence-electron chi connectivity index (χ1n) is 5.58. The van der Waals surface area contributed by atoms with Crippen molar-refractivity contribution in [2.45, 2.75) is 33.6 Å². The van der Waals surface area contributed by atoms with Crippen LogP contribution in [0.25, 0.3) is 6.08 Å². The van der Waals surface area contributed by atoms with Crippen molar-refractivity contribution >= 4 is 6.08 Å². The van der Waals surface area contributed by atoms with E-state index in [0.717, 1.165) is 6.42 Å². The summed E-state index contributed by atoms with van der Waals surface area (Å²) in [6.07, 6.45) is 8.32. The van der Waals surface area contributed by atoms with E-state index in [1.54, 1.807) is 0 Å². The van der Waals surface area contributed by atoms with Crippen LogP contribution in [0.15, 0.2) is 43.0 Å². The molecule has 0 heteroatoms. The molecule has 0 radical (unpaired) electrons. The lowest BCUT2D eigenvalue weighted by Crippen LogP contribution is -1.73. The maximum Gasteiger partial charge on any atom is -0.0169 e. The van der Waals surface area contributed by atoms with Gasteiger partial charge in [-0.2, -0.15) is 0 Å². The first-order valence-corrected chi connectivity index (χ1v) is 5.58. The molecule has 0 saturated carbocycles. The van der Waals surface area contributed by atoms with Crippen LogP contribution in [0.2, 0.25) is 0 Å². The van der Waals surface area contributed by atoms with Crippen LogP contribution in [-0.2, 0) is 0 Å². The van der Waals surface area contributed by atoms with Crippen molar-refractivity contribution in [2.24, 2.45) is 0 Å². The van der Waals surface area contributed by atoms with Crippen molar-refractivity contribution in [2.75, 3.05) is 0 Å². The summed E-state index contributed by atoms with van der Waals surface area (Å²) in [7, 11) is 0. The standard InChI is InChI=1S/C12H14.C3H8/c1-3-4-5-8-12-9-6-7-11(2)10-12;1-3-2/h3,5-10H,1,4H2,2H3;3H2,1-2H3/b8-5+;. The number of hydrogen-bond acceptors (Lipinski definition) is 0. The van der Waals surface area contributed by atoms with Crippen molar-refractivity contribution in [3.05, 3.63) is 54.1 Å². The van der Waals surface area contributed by atoms with Gasteiger partial charge in [0.25, 0.3) is 0 Å². The first kappa shape index (κ1) is 13.7. The number of rotatable bonds is 3. The quantitative estimate of drug-likeness (QED) is 0.605. The van der Waals surface area contributed by atoms with Gasteiger partial charge in [-0.15, -0.1) is 6.58 Å². The summed E-state index contributed by atoms with van der Waals surface area (Å²) in [5, 5.41) is 0. The van der Waals surface area contributed by atoms with E-state index in [1.165, 1.54) is 17.5 Å². The Kier molecular flexibility index (Phi) is 8.46. The summed E-state index contributed by atoms with van der Waals surface area (Å²) in [6.45, 7) is 10.0. The third-order valence-corrected chi connectivity index (χ3v) is 1.66. The fourth-order valence-corrected chi connectivity index (χ4v) is 1.07. The molecule has 0 nitrogen and oxygen atoms in total. The van der Waals surface area contributed by atoms with Crippen LogP contribution in [-0.4, -0.2) is 0 Å². The topological polar surface area (TPSA) is 0 Å². The first-order chi connectivity index (χ1) is 7.24. The number of aryl methyl sites for hydroxylation is 1. The fraction of sp³-hybridized carbons (Fsp3) is 0.333. The summed E-state index contributed by atoms with van der Waals surface area (Å²) in [5.74, 6) is 0. The summed E-state index contributed by atoms with van der Waals surface area (Å²) in [5.41, 5.74) is 2.56. The lowest BCUT2D eigenvalue weighted by atomic mass is 10.1. The van der Waals surface area contributed by atoms with Gasteiger partial charge in [-0.25, -0.2) is 0 Å². The summed E-state index contributed by atoms with van der Waals surface area (Å²) < 4.78 is 0. The van der Waals surface area contributed by atoms with Gasteiger partial charge < -0.3 is 0 Å². The van der Waals surface area contributed by atoms with Gasteiger partial charge in [0.2, 0.25) is 0 Å². The molecule has 0 aliphatic rings. The van der Waals surface area contributed by atoms with Crippen molar-refractivity contribution in [1.82, 2.24) is 0 Å². The molecule has 0 spiro atoms. The highest BCUT2D eigenvalue weighted by molar-refractivity contribution is 5.50. The molecule has 1 aromatic carbocycles. The molecule has 82 valence electrons. The molecule has 0 atom stereocenters. The molecule has 0 aliphatic carbocycles. The minimum Gasteiger partial charge on any atom is -0.103 e. The SMILES string of the molecule is C=CC/C=C/c1cccc(C)c1.CCC. The summed E-state index contributed by atoms with van der Waals surface area (Å²) in [4.78, 5) is 0. The Bertz CT molecular complexity index is 295. The van der Waals surface area contributed by atoms with Gasteiger partial charge in [0.05, 0.1) is 0 Å². The van der Waals surface area contributed by atoms with E-state index >= 15 is 0 Å². The molecule has 0 aromatic heterocycles. The maximum absolute atomic E-state index is 3.66. The predicted octanol–water partition coefficient (Wildman–Crippen LogP) is 5.00. The molecule has 1 aromatic rings. The van der Waals surface area contributed by atoms with E-state index in [0.29, 0.717) is 0 Å². The third-order valence-electron chi connectivity index (χ3n) is 1.66. The van der Waals surface area contributed by atoms with Crippen LogP contribution in [0.3, 0.4) is 0 Å². The zero-order chi connectivity index (χ0) is 11.5. The Balaban J connectivity index is 0.000000583. The lowest BCUT2D eigenvalue weighted by Gasteiger charge is -1.94. The van der Waals surface area contributed by atoms with E-state index in [-0.39, 0.29) is 0 Å². The van der Waals surface area contributed by atoms with E-state index in [9.17, 15) is 0 Å². The van der Waals surface area contributed by atoms with E-state index in [4.69, 9.17) is 0 Å². The lowest BCUT2D eigenvalue weighted by molar-refractivity contribution is 1.09. The van der Waals surface area contributed by atoms with Crippen LogP contribution in [0.1, 0.15) is 37.8 Å². The fourth-order valence-electron chi connectivity index (χ4n) is 1.07. The molecule has 0 fully saturated rings. The molecular formula is C15H22. The Hall–Kier alpha value is -1.30. The summed E-state index contributed by atoms with van der Waals surface area (Å²) in [6, 6.07) is 8.44. The van der Waals surface area contributed by atoms with Gasteiger partial charge in [0.15, 0.2) is 0 Å². The molecular weight excluding hydrogens is 180 g/mol. The van der Waals surface area contributed by atoms with Gasteiger partial charge in [-0.3, -0.25) is 0 Å². The van der Waals surface area contributed by atoms with Crippen LogP contribution >= 0.6 is 0 Å². The van der Waals surface area contributed by atoms with Crippen LogP contribution in [0.4, 0.5) is 0 Å². The van der Waals surface area contributed by atoms with Gasteiger partial charge in [0.1, 0.15) is 0 Å². The highest BCUT2D eigenvalue weighted by Crippen LogP contribution is 2.06. The maximum atomic E-state index is 3.66. The highest BCUT2D eigenvalue weighted by atomic mass is 13.9. The van der Waals surface area contributed by atoms with Gasteiger partial charge >= 0.3 is 0 Å². The number of allylic oxidation sites excluding steroid dienone is 2. The van der Waals surface area contributed by atoms with Crippen molar-refractivity contribution in [3.63, 3.8) is 0 Å². The Morgan fingerprint density at radius 3 is 2.47 bits per heavy atom. The zero-order valence-electron chi connectivity index (χ0n) is 10.2. The molecule has 0 saturated heterocycles. The van der Waals surface area contributed by atoms with E-state index < -0.39 is 0 Å². The Morgan fingerprint density at radius 2 is 1.93 bits per heavy atom. The molecule has 0 bridgehead atoms. The number of benzene rings is 1. The molecule has 0 heterocycles. The van der Waals surface area contributed by atoms with E-state index in [1.807, 2.05) is 6.08 Å². The molecule has 15 heavy (non-hydrogen) atoms. The molecule has 0 N–H and O–H groups in total. The minimum absolute atomic E-state index is 0.938. The van der Waals surface area contributed by atoms with E-state index in [2.05, 4.69) is 63.8 Å². The Morgan fingerprint density at radius 1 is 1.27 bits per heavy atom. The van der Waals surface area contributed by atoms with Crippen LogP contribution < -0.4 is 0 Å². The van der Waals surface area contributed by atoms with Gasteiger partial charge in [-0.1, -0.05) is 68.3 Å². The van der Waals surface area contributed by atoms with Crippen molar-refractivity contribution in [3.8, 4) is 0 Å². The van der Waals surface area contributed by atoms with Gasteiger partial charge in [0, 0.05) is 0 Å². The average molecular weight is 202 g/mol. The second kappa shape index (κ2) is 9.26. The van der Waals surface area contributed by atoms with Crippen LogP contribution in [0.5, 0.6) is 0 Å². The second-order valence-corrected chi connectivity index (χ2v) is 3.55. The number of hydrogen-bond donors (Lipinski definition) is 0. The van der Waals surface area contributed by atoms with Crippen molar-refractivity contribution in [1.29, 1.82) is 0 Å². The largest absolute Gasteiger partial charge is 0.103 e. The highest BCUT2D eigenvalue weighted by Gasteiger charge is 1.85. The van der Waals surface area contributed by atoms with Crippen molar-refractivity contribution < 1.29 is 0 Å². The zero-order valence-corrected chi connectivity index (χ0v) is 10.2. The molecule has 0 aliphatic heterocycles. The predicted molar refractivity (Wildman–Crippen MR) is 71.0 cm³/mol. The molecule has 0 unspecified atom stereocenters. The third kappa shape index (κ3) is 7.75. The second-order valence-electron chi connectivity index (χ2n) is 3.55. The molecule has 1 rings (SSSR count). The molecule has 0 amide bonds. The average Bonchev–Trinajstić information content (AvgIpc) is 2.19. The van der Waals surface area contributed by atoms with Crippen LogP contribution in [0, 0.1) is 6.92 Å². The Labute approximate surface area is 94.3 Å². The monoisotopic (exact) mass is 202 g/mol. The summed E-state index contributed by atoms with van der Waals surface area (Å²) >= 11 is 0. The smallest absolute Gasteiger partial charge is 0.0169 e. The minimum atomic E-state index is 0.938.